The van der Waals surface area contributed by atoms with Crippen LogP contribution in [0.3, 0.4) is 0 Å². The molecular weight excluding hydrogens is 248 g/mol. The van der Waals surface area contributed by atoms with E-state index in [1.807, 2.05) is 6.92 Å². The van der Waals surface area contributed by atoms with Gasteiger partial charge in [0.1, 0.15) is 0 Å². The Kier molecular flexibility index (Phi) is 4.55. The van der Waals surface area contributed by atoms with Crippen LogP contribution in [0.15, 0.2) is 0 Å². The molecule has 1 saturated carbocycles. The van der Waals surface area contributed by atoms with E-state index in [4.69, 9.17) is 5.11 Å². The van der Waals surface area contributed by atoms with Crippen LogP contribution in [0.25, 0.3) is 0 Å². The monoisotopic (exact) mass is 270 g/mol. The van der Waals surface area contributed by atoms with Gasteiger partial charge in [0.2, 0.25) is 5.91 Å². The van der Waals surface area contributed by atoms with Gasteiger partial charge in [-0.3, -0.25) is 14.9 Å². The van der Waals surface area contributed by atoms with Gasteiger partial charge in [-0.2, -0.15) is 0 Å². The average molecular weight is 270 g/mol. The van der Waals surface area contributed by atoms with E-state index in [0.29, 0.717) is 0 Å². The zero-order valence-corrected chi connectivity index (χ0v) is 11.7. The maximum absolute atomic E-state index is 11.7. The smallest absolute Gasteiger partial charge is 0.321 e. The Bertz CT molecular complexity index is 381. The summed E-state index contributed by atoms with van der Waals surface area (Å²) in [5.74, 6) is -1.64. The minimum Gasteiger partial charge on any atom is -0.481 e. The number of nitrogens with one attached hydrogen (secondary N) is 2. The molecule has 1 aliphatic rings. The summed E-state index contributed by atoms with van der Waals surface area (Å²) in [6.45, 7) is 4.90. The lowest BCUT2D eigenvalue weighted by molar-refractivity contribution is -0.149. The van der Waals surface area contributed by atoms with Gasteiger partial charge in [-0.05, 0) is 39.5 Å². The van der Waals surface area contributed by atoms with Gasteiger partial charge in [0.05, 0.1) is 5.41 Å². The molecule has 0 aromatic rings. The fourth-order valence-electron chi connectivity index (χ4n) is 2.09. The van der Waals surface area contributed by atoms with Crippen LogP contribution in [-0.2, 0) is 9.59 Å². The van der Waals surface area contributed by atoms with Crippen LogP contribution in [0.1, 0.15) is 52.9 Å². The van der Waals surface area contributed by atoms with E-state index >= 15 is 0 Å². The van der Waals surface area contributed by atoms with Crippen LogP contribution in [0.4, 0.5) is 4.79 Å². The van der Waals surface area contributed by atoms with Gasteiger partial charge in [0.25, 0.3) is 0 Å². The number of carboxylic acids is 1. The number of carbonyl (C=O) groups is 3. The Hall–Kier alpha value is -1.59. The highest BCUT2D eigenvalue weighted by molar-refractivity contribution is 5.96. The number of carboxylic acid groups (broad SMARTS) is 1. The summed E-state index contributed by atoms with van der Waals surface area (Å²) in [7, 11) is 0. The third-order valence-electron chi connectivity index (χ3n) is 3.80. The summed E-state index contributed by atoms with van der Waals surface area (Å²) in [6.07, 6.45) is 3.52. The van der Waals surface area contributed by atoms with Gasteiger partial charge in [-0.1, -0.05) is 6.92 Å². The summed E-state index contributed by atoms with van der Waals surface area (Å²) in [5.41, 5.74) is -1.37. The summed E-state index contributed by atoms with van der Waals surface area (Å²) < 4.78 is 0. The molecule has 0 heterocycles. The van der Waals surface area contributed by atoms with Crippen LogP contribution in [0, 0.1) is 5.41 Å². The van der Waals surface area contributed by atoms with Crippen molar-refractivity contribution < 1.29 is 19.5 Å². The summed E-state index contributed by atoms with van der Waals surface area (Å²) in [5, 5.41) is 13.9. The molecule has 1 rings (SSSR count). The number of hydrogen-bond donors (Lipinski definition) is 3. The predicted molar refractivity (Wildman–Crippen MR) is 69.6 cm³/mol. The summed E-state index contributed by atoms with van der Waals surface area (Å²) in [6, 6.07) is -0.535. The average Bonchev–Trinajstić information content (AvgIpc) is 2.22. The van der Waals surface area contributed by atoms with Crippen molar-refractivity contribution in [2.24, 2.45) is 5.41 Å². The molecule has 0 aliphatic heterocycles. The van der Waals surface area contributed by atoms with Gasteiger partial charge >= 0.3 is 12.0 Å². The van der Waals surface area contributed by atoms with Crippen LogP contribution >= 0.6 is 0 Å². The molecule has 0 atom stereocenters. The lowest BCUT2D eigenvalue weighted by Gasteiger charge is -2.41. The largest absolute Gasteiger partial charge is 0.481 e. The number of hydrogen-bond acceptors (Lipinski definition) is 3. The molecule has 0 unspecified atom stereocenters. The molecule has 19 heavy (non-hydrogen) atoms. The lowest BCUT2D eigenvalue weighted by Crippen LogP contribution is -2.56. The highest BCUT2D eigenvalue weighted by Crippen LogP contribution is 2.34. The minimum absolute atomic E-state index is 0.188. The van der Waals surface area contributed by atoms with E-state index in [0.717, 1.165) is 25.7 Å². The van der Waals surface area contributed by atoms with E-state index in [1.54, 1.807) is 0 Å². The Morgan fingerprint density at radius 1 is 1.26 bits per heavy atom. The molecular formula is C13H22N2O4. The number of rotatable bonds is 5. The Balaban J connectivity index is 2.44. The van der Waals surface area contributed by atoms with Gasteiger partial charge < -0.3 is 10.4 Å². The fourth-order valence-corrected chi connectivity index (χ4v) is 2.09. The molecule has 6 nitrogen and oxygen atoms in total. The fraction of sp³-hybridized carbons (Fsp3) is 0.769. The van der Waals surface area contributed by atoms with Crippen molar-refractivity contribution in [2.75, 3.05) is 0 Å². The standard InChI is InChI=1S/C13H22N2O4/c1-4-13(6-5-7-13)15-11(19)14-9(16)8-12(2,3)10(17)18/h4-8H2,1-3H3,(H,17,18)(H2,14,15,16,19). The maximum Gasteiger partial charge on any atom is 0.321 e. The van der Waals surface area contributed by atoms with Gasteiger partial charge in [-0.15, -0.1) is 0 Å². The second-order valence-electron chi connectivity index (χ2n) is 5.86. The Morgan fingerprint density at radius 3 is 2.21 bits per heavy atom. The second kappa shape index (κ2) is 5.59. The van der Waals surface area contributed by atoms with Crippen LogP contribution in [0.5, 0.6) is 0 Å². The van der Waals surface area contributed by atoms with Crippen molar-refractivity contribution >= 4 is 17.9 Å². The number of carbonyl (C=O) groups excluding carboxylic acids is 2. The zero-order valence-electron chi connectivity index (χ0n) is 11.7. The first-order valence-corrected chi connectivity index (χ1v) is 6.56. The predicted octanol–water partition coefficient (Wildman–Crippen LogP) is 1.65. The molecule has 3 N–H and O–H groups in total. The Morgan fingerprint density at radius 2 is 1.84 bits per heavy atom. The molecule has 0 bridgehead atoms. The van der Waals surface area contributed by atoms with Crippen molar-refractivity contribution in [2.45, 2.75) is 58.4 Å². The second-order valence-corrected chi connectivity index (χ2v) is 5.86. The molecule has 3 amide bonds. The first-order valence-electron chi connectivity index (χ1n) is 6.56. The third-order valence-corrected chi connectivity index (χ3v) is 3.80. The molecule has 0 aromatic heterocycles. The highest BCUT2D eigenvalue weighted by Gasteiger charge is 2.37. The first-order chi connectivity index (χ1) is 8.71. The van der Waals surface area contributed by atoms with E-state index in [-0.39, 0.29) is 12.0 Å². The summed E-state index contributed by atoms with van der Waals surface area (Å²) in [4.78, 5) is 34.2. The summed E-state index contributed by atoms with van der Waals surface area (Å²) >= 11 is 0. The van der Waals surface area contributed by atoms with E-state index in [1.165, 1.54) is 13.8 Å². The molecule has 0 radical (unpaired) electrons. The molecule has 0 saturated heterocycles. The number of urea groups is 1. The SMILES string of the molecule is CCC1(NC(=O)NC(=O)CC(C)(C)C(=O)O)CCC1. The van der Waals surface area contributed by atoms with Crippen LogP contribution < -0.4 is 10.6 Å². The molecule has 1 aliphatic carbocycles. The van der Waals surface area contributed by atoms with Crippen molar-refractivity contribution in [3.63, 3.8) is 0 Å². The lowest BCUT2D eigenvalue weighted by atomic mass is 9.75. The van der Waals surface area contributed by atoms with E-state index < -0.39 is 23.3 Å². The highest BCUT2D eigenvalue weighted by atomic mass is 16.4. The van der Waals surface area contributed by atoms with E-state index in [9.17, 15) is 14.4 Å². The van der Waals surface area contributed by atoms with Crippen molar-refractivity contribution in [3.05, 3.63) is 0 Å². The van der Waals surface area contributed by atoms with E-state index in [2.05, 4.69) is 10.6 Å². The third kappa shape index (κ3) is 3.94. The zero-order chi connectivity index (χ0) is 14.7. The minimum atomic E-state index is -1.18. The molecule has 1 fully saturated rings. The quantitative estimate of drug-likeness (QED) is 0.707. The normalized spacial score (nSPS) is 17.2. The number of imide groups is 1. The molecule has 0 spiro atoms. The van der Waals surface area contributed by atoms with Crippen molar-refractivity contribution in [3.8, 4) is 0 Å². The van der Waals surface area contributed by atoms with Crippen LogP contribution in [0.2, 0.25) is 0 Å². The van der Waals surface area contributed by atoms with Crippen molar-refractivity contribution in [1.29, 1.82) is 0 Å². The topological polar surface area (TPSA) is 95.5 Å². The number of amides is 3. The first kappa shape index (κ1) is 15.5. The van der Waals surface area contributed by atoms with Crippen molar-refractivity contribution in [1.82, 2.24) is 10.6 Å². The molecule has 0 aromatic carbocycles. The number of aliphatic carboxylic acids is 1. The van der Waals surface area contributed by atoms with Gasteiger partial charge in [0.15, 0.2) is 0 Å². The van der Waals surface area contributed by atoms with Gasteiger partial charge in [0, 0.05) is 12.0 Å². The molecule has 108 valence electrons. The van der Waals surface area contributed by atoms with Gasteiger partial charge in [-0.25, -0.2) is 4.79 Å². The van der Waals surface area contributed by atoms with Crippen LogP contribution in [-0.4, -0.2) is 28.6 Å². The Labute approximate surface area is 112 Å². The maximum atomic E-state index is 11.7. The molecule has 6 heteroatoms.